The quantitative estimate of drug-likeness (QED) is 0.165. The van der Waals surface area contributed by atoms with E-state index in [4.69, 9.17) is 22.3 Å². The highest BCUT2D eigenvalue weighted by molar-refractivity contribution is 5.99. The van der Waals surface area contributed by atoms with E-state index in [0.29, 0.717) is 33.7 Å². The summed E-state index contributed by atoms with van der Waals surface area (Å²) in [6, 6.07) is 61.4. The van der Waals surface area contributed by atoms with Crippen LogP contribution >= 0.6 is 0 Å². The molecule has 0 unspecified atom stereocenters. The number of phenolic OH excluding ortho intramolecular Hbond substituents is 1. The van der Waals surface area contributed by atoms with Crippen LogP contribution in [0.1, 0.15) is 75.9 Å². The van der Waals surface area contributed by atoms with Gasteiger partial charge in [0.05, 0.1) is 28.0 Å². The summed E-state index contributed by atoms with van der Waals surface area (Å²) in [5.74, 6) is 0.717. The SMILES string of the molecule is [2H]C([2H])([2H])C(c1ccc(-c2ccnc(-c3cc(-c4ccccc4)cc(-c4cccc5c4nc(-c4cc(C)cc(C)c4O)n5-c4cc(-c5ccccc5)c(C(C)(C)C)cc4-c4ccccc4)c3)c2)cc1)(C([2H])([2H])[2H])C([2H])([2H])[2H]. The second kappa shape index (κ2) is 17.4. The second-order valence-corrected chi connectivity index (χ2v) is 18.7. The van der Waals surface area contributed by atoms with Gasteiger partial charge in [-0.2, -0.15) is 0 Å². The van der Waals surface area contributed by atoms with Gasteiger partial charge in [0.2, 0.25) is 0 Å². The van der Waals surface area contributed by atoms with Crippen LogP contribution in [0.25, 0.3) is 95.0 Å². The topological polar surface area (TPSA) is 50.9 Å². The molecular formula is C64H57N3O. The number of aromatic nitrogens is 3. The molecule has 0 aliphatic rings. The number of nitrogens with zero attached hydrogens (tertiary/aromatic N) is 3. The maximum absolute atomic E-state index is 12.1. The molecular weight excluding hydrogens is 827 g/mol. The zero-order chi connectivity index (χ0) is 54.8. The lowest BCUT2D eigenvalue weighted by Gasteiger charge is -2.27. The molecule has 334 valence electrons. The van der Waals surface area contributed by atoms with E-state index < -0.39 is 26.0 Å². The molecule has 2 aromatic heterocycles. The monoisotopic (exact) mass is 893 g/mol. The Bertz CT molecular complexity index is 3780. The van der Waals surface area contributed by atoms with E-state index in [1.54, 1.807) is 24.4 Å². The van der Waals surface area contributed by atoms with Crippen molar-refractivity contribution >= 4 is 11.0 Å². The van der Waals surface area contributed by atoms with E-state index in [0.717, 1.165) is 72.4 Å². The van der Waals surface area contributed by atoms with Crippen molar-refractivity contribution in [3.8, 4) is 89.7 Å². The summed E-state index contributed by atoms with van der Waals surface area (Å²) >= 11 is 0. The van der Waals surface area contributed by atoms with Gasteiger partial charge in [0.25, 0.3) is 0 Å². The van der Waals surface area contributed by atoms with Gasteiger partial charge in [-0.25, -0.2) is 4.98 Å². The first kappa shape index (κ1) is 34.5. The fourth-order valence-corrected chi connectivity index (χ4v) is 9.40. The van der Waals surface area contributed by atoms with E-state index in [1.165, 1.54) is 17.7 Å². The highest BCUT2D eigenvalue weighted by Crippen LogP contribution is 2.45. The summed E-state index contributed by atoms with van der Waals surface area (Å²) in [5.41, 5.74) is 12.7. The number of rotatable bonds is 8. The molecule has 0 bridgehead atoms. The maximum Gasteiger partial charge on any atom is 0.149 e. The van der Waals surface area contributed by atoms with Gasteiger partial charge in [0.15, 0.2) is 0 Å². The van der Waals surface area contributed by atoms with Crippen molar-refractivity contribution in [3.63, 3.8) is 0 Å². The predicted molar refractivity (Wildman–Crippen MR) is 285 cm³/mol. The minimum atomic E-state index is -3.38. The number of hydrogen-bond donors (Lipinski definition) is 1. The summed E-state index contributed by atoms with van der Waals surface area (Å²) < 4.78 is 76.3. The van der Waals surface area contributed by atoms with Crippen LogP contribution in [-0.2, 0) is 10.8 Å². The average Bonchev–Trinajstić information content (AvgIpc) is 3.98. The molecule has 0 aliphatic heterocycles. The van der Waals surface area contributed by atoms with E-state index in [-0.39, 0.29) is 16.7 Å². The van der Waals surface area contributed by atoms with Crippen LogP contribution in [0, 0.1) is 13.8 Å². The molecule has 8 aromatic carbocycles. The van der Waals surface area contributed by atoms with Gasteiger partial charge in [-0.3, -0.25) is 9.55 Å². The molecule has 0 saturated heterocycles. The zero-order valence-corrected chi connectivity index (χ0v) is 38.8. The first-order valence-corrected chi connectivity index (χ1v) is 22.9. The number of pyridine rings is 1. The number of aromatic hydroxyl groups is 1. The highest BCUT2D eigenvalue weighted by Gasteiger charge is 2.27. The smallest absolute Gasteiger partial charge is 0.149 e. The van der Waals surface area contributed by atoms with Crippen molar-refractivity contribution in [1.29, 1.82) is 0 Å². The molecule has 0 radical (unpaired) electrons. The molecule has 68 heavy (non-hydrogen) atoms. The van der Waals surface area contributed by atoms with Gasteiger partial charge < -0.3 is 5.11 Å². The fraction of sp³-hybridized carbons (Fsp3) is 0.156. The van der Waals surface area contributed by atoms with Gasteiger partial charge in [-0.15, -0.1) is 0 Å². The summed E-state index contributed by atoms with van der Waals surface area (Å²) in [7, 11) is 0. The van der Waals surface area contributed by atoms with Crippen LogP contribution in [0.5, 0.6) is 5.75 Å². The number of imidazole rings is 1. The number of para-hydroxylation sites is 1. The molecule has 1 N–H and O–H groups in total. The third kappa shape index (κ3) is 8.43. The molecule has 0 aliphatic carbocycles. The third-order valence-electron chi connectivity index (χ3n) is 12.8. The Morgan fingerprint density at radius 1 is 0.485 bits per heavy atom. The molecule has 0 atom stereocenters. The van der Waals surface area contributed by atoms with Crippen LogP contribution in [0.15, 0.2) is 194 Å². The van der Waals surface area contributed by atoms with E-state index in [2.05, 4.69) is 128 Å². The molecule has 4 nitrogen and oxygen atoms in total. The Hall–Kier alpha value is -7.82. The van der Waals surface area contributed by atoms with E-state index in [1.807, 2.05) is 68.4 Å². The lowest BCUT2D eigenvalue weighted by atomic mass is 9.79. The van der Waals surface area contributed by atoms with Crippen molar-refractivity contribution < 1.29 is 17.4 Å². The molecule has 0 saturated carbocycles. The largest absolute Gasteiger partial charge is 0.507 e. The molecule has 4 heteroatoms. The minimum absolute atomic E-state index is 0.143. The molecule has 0 amide bonds. The van der Waals surface area contributed by atoms with Crippen LogP contribution in [0.3, 0.4) is 0 Å². The third-order valence-corrected chi connectivity index (χ3v) is 12.8. The Balaban J connectivity index is 1.21. The second-order valence-electron chi connectivity index (χ2n) is 18.7. The van der Waals surface area contributed by atoms with Crippen LogP contribution < -0.4 is 0 Å². The van der Waals surface area contributed by atoms with Crippen LogP contribution in [-0.4, -0.2) is 19.6 Å². The maximum atomic E-state index is 12.1. The summed E-state index contributed by atoms with van der Waals surface area (Å²) in [5, 5.41) is 12.1. The van der Waals surface area contributed by atoms with Crippen LogP contribution in [0.4, 0.5) is 0 Å². The van der Waals surface area contributed by atoms with Crippen LogP contribution in [0.2, 0.25) is 0 Å². The highest BCUT2D eigenvalue weighted by atomic mass is 16.3. The number of aryl methyl sites for hydroxylation is 2. The first-order chi connectivity index (χ1) is 36.5. The number of benzene rings is 8. The number of hydrogen-bond acceptors (Lipinski definition) is 3. The van der Waals surface area contributed by atoms with Gasteiger partial charge in [0, 0.05) is 35.2 Å². The number of phenols is 1. The van der Waals surface area contributed by atoms with E-state index >= 15 is 0 Å². The van der Waals surface area contributed by atoms with Crippen molar-refractivity contribution in [2.75, 3.05) is 0 Å². The van der Waals surface area contributed by atoms with Gasteiger partial charge in [-0.1, -0.05) is 175 Å². The average molecular weight is 893 g/mol. The van der Waals surface area contributed by atoms with Gasteiger partial charge in [-0.05, 0) is 146 Å². The molecule has 10 aromatic rings. The summed E-state index contributed by atoms with van der Waals surface area (Å²) in [4.78, 5) is 10.5. The summed E-state index contributed by atoms with van der Waals surface area (Å²) in [6.07, 6.45) is 1.68. The van der Waals surface area contributed by atoms with E-state index in [9.17, 15) is 5.11 Å². The predicted octanol–water partition coefficient (Wildman–Crippen LogP) is 17.0. The lowest BCUT2D eigenvalue weighted by Crippen LogP contribution is -2.14. The normalized spacial score (nSPS) is 14.4. The van der Waals surface area contributed by atoms with Crippen molar-refractivity contribution in [2.24, 2.45) is 0 Å². The Morgan fingerprint density at radius 3 is 1.76 bits per heavy atom. The molecule has 10 rings (SSSR count). The van der Waals surface area contributed by atoms with Crippen molar-refractivity contribution in [2.45, 2.75) is 66.0 Å². The van der Waals surface area contributed by atoms with Crippen molar-refractivity contribution in [1.82, 2.24) is 14.5 Å². The molecule has 2 heterocycles. The van der Waals surface area contributed by atoms with Crippen molar-refractivity contribution in [3.05, 3.63) is 217 Å². The van der Waals surface area contributed by atoms with Gasteiger partial charge in [0.1, 0.15) is 11.6 Å². The minimum Gasteiger partial charge on any atom is -0.507 e. The number of fused-ring (bicyclic) bond motifs is 1. The molecule has 0 spiro atoms. The fourth-order valence-electron chi connectivity index (χ4n) is 9.40. The Labute approximate surface area is 414 Å². The standard InChI is InChI=1S/C64H57N3O/c1-41-33-42(2)61(68)55(34-41)62-66-60-52(25-18-26-58(60)67(62)59-40-53(45-21-14-10-15-22-45)56(64(6,7)8)39-54(59)46-23-16-11-17-24-46)49-35-48(43-19-12-9-13-20-43)36-50(37-49)57-38-47(31-32-65-57)44-27-29-51(30-28-44)63(3,4)5/h9-40,68H,1-8H3/i3D3,4D3,5D3. The molecule has 0 fully saturated rings. The first-order valence-electron chi connectivity index (χ1n) is 27.4. The summed E-state index contributed by atoms with van der Waals surface area (Å²) in [6.45, 7) is 0.517. The zero-order valence-electron chi connectivity index (χ0n) is 47.8. The Morgan fingerprint density at radius 2 is 1.10 bits per heavy atom. The Kier molecular flexibility index (Phi) is 8.84. The lowest BCUT2D eigenvalue weighted by molar-refractivity contribution is 0.472. The van der Waals surface area contributed by atoms with Gasteiger partial charge >= 0.3 is 0 Å².